The molecular weight excluding hydrogens is 391 g/mol. The standard InChI is InChI=1S/C23H31FO6/c1-13(25)30-12-19(28)22(29)9-7-16-17-5-4-14-10-15(26)6-8-20(14,2)23(17,24)18(27)11-21(16,22)3/h4,16-18,27,29H,5-12H2,1-3H3. The molecule has 166 valence electrons. The number of carbonyl (C=O) groups is 3. The summed E-state index contributed by atoms with van der Waals surface area (Å²) in [4.78, 5) is 36.0. The molecule has 0 aromatic heterocycles. The third-order valence-corrected chi connectivity index (χ3v) is 9.04. The predicted octanol–water partition coefficient (Wildman–Crippen LogP) is 2.44. The number of allylic oxidation sites excluding steroid dienone is 2. The maximum absolute atomic E-state index is 16.9. The highest BCUT2D eigenvalue weighted by Crippen LogP contribution is 2.69. The lowest BCUT2D eigenvalue weighted by Gasteiger charge is -2.62. The van der Waals surface area contributed by atoms with E-state index in [1.54, 1.807) is 6.92 Å². The lowest BCUT2D eigenvalue weighted by Crippen LogP contribution is -2.69. The van der Waals surface area contributed by atoms with Gasteiger partial charge in [-0.3, -0.25) is 14.4 Å². The molecule has 0 aromatic carbocycles. The largest absolute Gasteiger partial charge is 0.458 e. The molecular formula is C23H31FO6. The van der Waals surface area contributed by atoms with Crippen molar-refractivity contribution in [2.75, 3.05) is 6.61 Å². The van der Waals surface area contributed by atoms with Crippen LogP contribution in [0.5, 0.6) is 0 Å². The summed E-state index contributed by atoms with van der Waals surface area (Å²) in [5.74, 6) is -1.96. The van der Waals surface area contributed by atoms with Gasteiger partial charge in [0.15, 0.2) is 6.61 Å². The van der Waals surface area contributed by atoms with Crippen molar-refractivity contribution in [1.29, 1.82) is 0 Å². The van der Waals surface area contributed by atoms with E-state index in [-0.39, 0.29) is 31.0 Å². The van der Waals surface area contributed by atoms with Crippen LogP contribution in [0.25, 0.3) is 0 Å². The van der Waals surface area contributed by atoms with E-state index in [0.29, 0.717) is 25.7 Å². The summed E-state index contributed by atoms with van der Waals surface area (Å²) >= 11 is 0. The molecule has 0 heterocycles. The summed E-state index contributed by atoms with van der Waals surface area (Å²) in [5, 5.41) is 22.6. The highest BCUT2D eigenvalue weighted by Gasteiger charge is 2.74. The Hall–Kier alpha value is -1.60. The Morgan fingerprint density at radius 3 is 2.63 bits per heavy atom. The summed E-state index contributed by atoms with van der Waals surface area (Å²) < 4.78 is 21.8. The normalized spacial score (nSPS) is 47.6. The number of halogens is 1. The maximum Gasteiger partial charge on any atom is 0.303 e. The van der Waals surface area contributed by atoms with Crippen molar-refractivity contribution >= 4 is 17.5 Å². The van der Waals surface area contributed by atoms with Crippen molar-refractivity contribution < 1.29 is 33.7 Å². The lowest BCUT2D eigenvalue weighted by atomic mass is 9.44. The summed E-state index contributed by atoms with van der Waals surface area (Å²) in [6.45, 7) is 4.24. The monoisotopic (exact) mass is 422 g/mol. The van der Waals surface area contributed by atoms with Gasteiger partial charge in [-0.25, -0.2) is 4.39 Å². The van der Waals surface area contributed by atoms with E-state index in [1.807, 2.05) is 13.0 Å². The number of esters is 1. The first-order chi connectivity index (χ1) is 13.9. The molecule has 7 atom stereocenters. The molecule has 0 amide bonds. The van der Waals surface area contributed by atoms with E-state index in [2.05, 4.69) is 0 Å². The van der Waals surface area contributed by atoms with E-state index in [0.717, 1.165) is 5.57 Å². The minimum Gasteiger partial charge on any atom is -0.458 e. The Labute approximate surface area is 175 Å². The Kier molecular flexibility index (Phi) is 4.83. The molecule has 0 bridgehead atoms. The second kappa shape index (κ2) is 6.70. The first kappa shape index (κ1) is 21.6. The first-order valence-electron chi connectivity index (χ1n) is 10.9. The fourth-order valence-corrected chi connectivity index (χ4v) is 7.24. The zero-order chi connectivity index (χ0) is 22.1. The molecule has 2 N–H and O–H groups in total. The van der Waals surface area contributed by atoms with E-state index in [4.69, 9.17) is 4.74 Å². The molecule has 7 unspecified atom stereocenters. The van der Waals surface area contributed by atoms with Crippen LogP contribution in [-0.2, 0) is 19.1 Å². The van der Waals surface area contributed by atoms with E-state index < -0.39 is 52.5 Å². The Bertz CT molecular complexity index is 838. The molecule has 3 saturated carbocycles. The maximum atomic E-state index is 16.9. The number of Topliss-reactive ketones (excluding diaryl/α,β-unsaturated/α-hetero) is 2. The zero-order valence-electron chi connectivity index (χ0n) is 17.9. The van der Waals surface area contributed by atoms with Crippen molar-refractivity contribution in [3.05, 3.63) is 11.6 Å². The van der Waals surface area contributed by atoms with Crippen LogP contribution in [-0.4, -0.2) is 51.7 Å². The van der Waals surface area contributed by atoms with Gasteiger partial charge < -0.3 is 14.9 Å². The average Bonchev–Trinajstić information content (AvgIpc) is 2.94. The van der Waals surface area contributed by atoms with Crippen molar-refractivity contribution in [2.45, 2.75) is 83.1 Å². The fourth-order valence-electron chi connectivity index (χ4n) is 7.24. The van der Waals surface area contributed by atoms with Crippen molar-refractivity contribution in [2.24, 2.45) is 22.7 Å². The molecule has 4 rings (SSSR count). The Morgan fingerprint density at radius 2 is 1.97 bits per heavy atom. The number of fused-ring (bicyclic) bond motifs is 5. The van der Waals surface area contributed by atoms with Gasteiger partial charge in [-0.2, -0.15) is 0 Å². The average molecular weight is 422 g/mol. The number of ketones is 2. The zero-order valence-corrected chi connectivity index (χ0v) is 17.9. The Balaban J connectivity index is 1.71. The number of hydrogen-bond acceptors (Lipinski definition) is 6. The second-order valence-electron chi connectivity index (χ2n) is 10.2. The fraction of sp³-hybridized carbons (Fsp3) is 0.783. The van der Waals surface area contributed by atoms with Crippen LogP contribution in [0, 0.1) is 22.7 Å². The SMILES string of the molecule is CC(=O)OCC(=O)C1(O)CCC2C3CC=C4CC(=O)CCC4(C)C3(F)C(O)CC21C. The van der Waals surface area contributed by atoms with Crippen molar-refractivity contribution in [1.82, 2.24) is 0 Å². The van der Waals surface area contributed by atoms with Crippen molar-refractivity contribution in [3.63, 3.8) is 0 Å². The summed E-state index contributed by atoms with van der Waals surface area (Å²) in [6, 6.07) is 0. The molecule has 0 radical (unpaired) electrons. The number of aliphatic hydroxyl groups excluding tert-OH is 1. The Morgan fingerprint density at radius 1 is 1.27 bits per heavy atom. The molecule has 7 heteroatoms. The first-order valence-corrected chi connectivity index (χ1v) is 10.9. The minimum absolute atomic E-state index is 0.0518. The summed E-state index contributed by atoms with van der Waals surface area (Å²) in [6.07, 6.45) is 2.41. The molecule has 4 aliphatic rings. The van der Waals surface area contributed by atoms with Crippen LogP contribution in [0.15, 0.2) is 11.6 Å². The summed E-state index contributed by atoms with van der Waals surface area (Å²) in [5.41, 5.74) is -4.85. The van der Waals surface area contributed by atoms with Gasteiger partial charge in [0, 0.05) is 36.5 Å². The van der Waals surface area contributed by atoms with Gasteiger partial charge in [-0.1, -0.05) is 25.5 Å². The molecule has 3 fully saturated rings. The van der Waals surface area contributed by atoms with Crippen LogP contribution < -0.4 is 0 Å². The molecule has 30 heavy (non-hydrogen) atoms. The van der Waals surface area contributed by atoms with Crippen molar-refractivity contribution in [3.8, 4) is 0 Å². The number of ether oxygens (including phenoxy) is 1. The predicted molar refractivity (Wildman–Crippen MR) is 105 cm³/mol. The van der Waals surface area contributed by atoms with Crippen LogP contribution in [0.2, 0.25) is 0 Å². The molecule has 0 aliphatic heterocycles. The quantitative estimate of drug-likeness (QED) is 0.535. The van der Waals surface area contributed by atoms with Gasteiger partial charge in [-0.15, -0.1) is 0 Å². The second-order valence-corrected chi connectivity index (χ2v) is 10.2. The third kappa shape index (κ3) is 2.57. The molecule has 0 aromatic rings. The van der Waals surface area contributed by atoms with Crippen LogP contribution in [0.4, 0.5) is 4.39 Å². The molecule has 4 aliphatic carbocycles. The van der Waals surface area contributed by atoms with Gasteiger partial charge >= 0.3 is 5.97 Å². The third-order valence-electron chi connectivity index (χ3n) is 9.04. The van der Waals surface area contributed by atoms with Gasteiger partial charge in [0.2, 0.25) is 5.78 Å². The van der Waals surface area contributed by atoms with E-state index in [1.165, 1.54) is 6.92 Å². The minimum atomic E-state index is -1.91. The number of alkyl halides is 1. The number of aliphatic hydroxyl groups is 2. The smallest absolute Gasteiger partial charge is 0.303 e. The van der Waals surface area contributed by atoms with Gasteiger partial charge in [0.25, 0.3) is 0 Å². The summed E-state index contributed by atoms with van der Waals surface area (Å²) in [7, 11) is 0. The van der Waals surface area contributed by atoms with Crippen LogP contribution in [0.1, 0.15) is 65.7 Å². The van der Waals surface area contributed by atoms with Crippen LogP contribution in [0.3, 0.4) is 0 Å². The van der Waals surface area contributed by atoms with Gasteiger partial charge in [0.05, 0.1) is 6.10 Å². The number of carbonyl (C=O) groups excluding carboxylic acids is 3. The van der Waals surface area contributed by atoms with Gasteiger partial charge in [-0.05, 0) is 38.0 Å². The molecule has 0 saturated heterocycles. The highest BCUT2D eigenvalue weighted by atomic mass is 19.1. The molecule has 6 nitrogen and oxygen atoms in total. The highest BCUT2D eigenvalue weighted by molar-refractivity contribution is 5.91. The number of rotatable bonds is 3. The molecule has 0 spiro atoms. The van der Waals surface area contributed by atoms with Gasteiger partial charge in [0.1, 0.15) is 17.1 Å². The van der Waals surface area contributed by atoms with Crippen LogP contribution >= 0.6 is 0 Å². The lowest BCUT2D eigenvalue weighted by molar-refractivity contribution is -0.222. The van der Waals surface area contributed by atoms with E-state index >= 15 is 4.39 Å². The van der Waals surface area contributed by atoms with E-state index in [9.17, 15) is 24.6 Å². The number of hydrogen-bond donors (Lipinski definition) is 2. The topological polar surface area (TPSA) is 101 Å².